The summed E-state index contributed by atoms with van der Waals surface area (Å²) >= 11 is 6.10. The third-order valence-electron chi connectivity index (χ3n) is 4.38. The Morgan fingerprint density at radius 3 is 3.00 bits per heavy atom. The minimum atomic E-state index is -0.974. The predicted molar refractivity (Wildman–Crippen MR) is 84.4 cm³/mol. The molecule has 2 unspecified atom stereocenters. The Hall–Kier alpha value is -1.30. The third kappa shape index (κ3) is 3.91. The molecule has 1 aromatic rings. The first-order valence-electron chi connectivity index (χ1n) is 7.69. The van der Waals surface area contributed by atoms with Crippen LogP contribution in [0, 0.1) is 5.92 Å². The fourth-order valence-electron chi connectivity index (χ4n) is 3.36. The Balaban J connectivity index is 1.72. The lowest BCUT2D eigenvalue weighted by Gasteiger charge is -2.23. The highest BCUT2D eigenvalue weighted by atomic mass is 35.5. The van der Waals surface area contributed by atoms with Gasteiger partial charge in [0.25, 0.3) is 0 Å². The molecule has 120 valence electrons. The van der Waals surface area contributed by atoms with Crippen LogP contribution in [0.4, 0.5) is 0 Å². The SMILES string of the molecule is O=C(O)COc1ccc(Cl)cc1CN1CC2CCC(C1)NC2. The summed E-state index contributed by atoms with van der Waals surface area (Å²) in [4.78, 5) is 13.1. The van der Waals surface area contributed by atoms with E-state index in [9.17, 15) is 4.79 Å². The molecule has 4 rings (SSSR count). The number of halogens is 1. The summed E-state index contributed by atoms with van der Waals surface area (Å²) in [6.45, 7) is 3.58. The molecule has 0 radical (unpaired) electrons. The Labute approximate surface area is 135 Å². The first kappa shape index (κ1) is 15.6. The fraction of sp³-hybridized carbons (Fsp3) is 0.562. The number of aliphatic carboxylic acids is 1. The van der Waals surface area contributed by atoms with Gasteiger partial charge in [0.05, 0.1) is 0 Å². The van der Waals surface area contributed by atoms with E-state index < -0.39 is 5.97 Å². The third-order valence-corrected chi connectivity index (χ3v) is 4.62. The summed E-state index contributed by atoms with van der Waals surface area (Å²) in [6.07, 6.45) is 2.52. The number of nitrogens with zero attached hydrogens (tertiary/aromatic N) is 1. The number of hydrogen-bond acceptors (Lipinski definition) is 4. The van der Waals surface area contributed by atoms with E-state index in [1.165, 1.54) is 12.8 Å². The molecule has 0 spiro atoms. The van der Waals surface area contributed by atoms with Crippen molar-refractivity contribution in [2.45, 2.75) is 25.4 Å². The summed E-state index contributed by atoms with van der Waals surface area (Å²) in [5.74, 6) is 0.329. The van der Waals surface area contributed by atoms with Crippen LogP contribution < -0.4 is 10.1 Å². The molecular weight excluding hydrogens is 304 g/mol. The number of carboxylic acid groups (broad SMARTS) is 1. The van der Waals surface area contributed by atoms with Crippen molar-refractivity contribution in [3.63, 3.8) is 0 Å². The van der Waals surface area contributed by atoms with Crippen molar-refractivity contribution >= 4 is 17.6 Å². The Morgan fingerprint density at radius 2 is 2.27 bits per heavy atom. The van der Waals surface area contributed by atoms with Crippen molar-refractivity contribution < 1.29 is 14.6 Å². The number of benzene rings is 1. The molecule has 0 aromatic heterocycles. The first-order chi connectivity index (χ1) is 10.6. The first-order valence-corrected chi connectivity index (χ1v) is 8.06. The van der Waals surface area contributed by atoms with E-state index in [4.69, 9.17) is 21.4 Å². The van der Waals surface area contributed by atoms with E-state index in [-0.39, 0.29) is 6.61 Å². The molecule has 6 heteroatoms. The van der Waals surface area contributed by atoms with Gasteiger partial charge < -0.3 is 15.2 Å². The molecule has 0 aliphatic carbocycles. The molecular formula is C16H21ClN2O3. The van der Waals surface area contributed by atoms with Gasteiger partial charge >= 0.3 is 5.97 Å². The number of rotatable bonds is 5. The maximum Gasteiger partial charge on any atom is 0.341 e. The fourth-order valence-corrected chi connectivity index (χ4v) is 3.55. The van der Waals surface area contributed by atoms with E-state index in [1.807, 2.05) is 6.07 Å². The molecule has 1 aromatic carbocycles. The van der Waals surface area contributed by atoms with Gasteiger partial charge in [0.15, 0.2) is 6.61 Å². The van der Waals surface area contributed by atoms with Crippen molar-refractivity contribution in [1.82, 2.24) is 10.2 Å². The van der Waals surface area contributed by atoms with E-state index >= 15 is 0 Å². The quantitative estimate of drug-likeness (QED) is 0.867. The molecule has 0 saturated carbocycles. The standard InChI is InChI=1S/C16H21ClN2O3/c17-13-2-4-15(22-10-16(20)21)12(5-13)8-19-7-11-1-3-14(9-19)18-6-11/h2,4-5,11,14,18H,1,3,6-10H2,(H,20,21). The second kappa shape index (κ2) is 6.86. The monoisotopic (exact) mass is 324 g/mol. The highest BCUT2D eigenvalue weighted by molar-refractivity contribution is 6.30. The average Bonchev–Trinajstić information content (AvgIpc) is 2.78. The van der Waals surface area contributed by atoms with Gasteiger partial charge in [-0.15, -0.1) is 0 Å². The van der Waals surface area contributed by atoms with Crippen molar-refractivity contribution in [2.75, 3.05) is 26.2 Å². The summed E-state index contributed by atoms with van der Waals surface area (Å²) in [7, 11) is 0. The molecule has 2 N–H and O–H groups in total. The molecule has 3 heterocycles. The summed E-state index contributed by atoms with van der Waals surface area (Å²) in [6, 6.07) is 5.92. The zero-order valence-corrected chi connectivity index (χ0v) is 13.2. The lowest BCUT2D eigenvalue weighted by Crippen LogP contribution is -2.39. The van der Waals surface area contributed by atoms with Crippen molar-refractivity contribution in [1.29, 1.82) is 0 Å². The van der Waals surface area contributed by atoms with Crippen LogP contribution in [0.15, 0.2) is 18.2 Å². The molecule has 3 aliphatic heterocycles. The van der Waals surface area contributed by atoms with E-state index in [0.717, 1.165) is 31.7 Å². The number of nitrogens with one attached hydrogen (secondary N) is 1. The topological polar surface area (TPSA) is 61.8 Å². The number of piperidine rings is 1. The van der Waals surface area contributed by atoms with Gasteiger partial charge in [-0.05, 0) is 43.5 Å². The van der Waals surface area contributed by atoms with Gasteiger partial charge in [0.2, 0.25) is 0 Å². The summed E-state index contributed by atoms with van der Waals surface area (Å²) < 4.78 is 5.40. The van der Waals surface area contributed by atoms with Crippen molar-refractivity contribution in [3.8, 4) is 5.75 Å². The van der Waals surface area contributed by atoms with Gasteiger partial charge in [-0.1, -0.05) is 11.6 Å². The number of carbonyl (C=O) groups is 1. The van der Waals surface area contributed by atoms with Gasteiger partial charge in [0, 0.05) is 36.3 Å². The zero-order chi connectivity index (χ0) is 15.5. The summed E-state index contributed by atoms with van der Waals surface area (Å²) in [5.41, 5.74) is 0.954. The number of ether oxygens (including phenoxy) is 1. The molecule has 3 aliphatic rings. The van der Waals surface area contributed by atoms with E-state index in [2.05, 4.69) is 10.2 Å². The maximum atomic E-state index is 10.7. The molecule has 0 amide bonds. The van der Waals surface area contributed by atoms with Gasteiger partial charge in [-0.3, -0.25) is 4.90 Å². The van der Waals surface area contributed by atoms with Crippen molar-refractivity contribution in [2.24, 2.45) is 5.92 Å². The molecule has 5 nitrogen and oxygen atoms in total. The van der Waals surface area contributed by atoms with Crippen LogP contribution in [0.2, 0.25) is 5.02 Å². The molecule has 3 fully saturated rings. The van der Waals surface area contributed by atoms with Gasteiger partial charge in [0.1, 0.15) is 5.75 Å². The second-order valence-corrected chi connectivity index (χ2v) is 6.61. The minimum absolute atomic E-state index is 0.332. The average molecular weight is 325 g/mol. The van der Waals surface area contributed by atoms with Crippen LogP contribution in [0.3, 0.4) is 0 Å². The van der Waals surface area contributed by atoms with Crippen LogP contribution in [-0.2, 0) is 11.3 Å². The molecule has 2 bridgehead atoms. The molecule has 22 heavy (non-hydrogen) atoms. The minimum Gasteiger partial charge on any atom is -0.482 e. The van der Waals surface area contributed by atoms with Crippen LogP contribution in [0.1, 0.15) is 18.4 Å². The Kier molecular flexibility index (Phi) is 4.86. The number of fused-ring (bicyclic) bond motifs is 4. The highest BCUT2D eigenvalue weighted by Gasteiger charge is 2.29. The normalized spacial score (nSPS) is 25.0. The van der Waals surface area contributed by atoms with Gasteiger partial charge in [-0.25, -0.2) is 4.79 Å². The van der Waals surface area contributed by atoms with Crippen LogP contribution in [0.5, 0.6) is 5.75 Å². The van der Waals surface area contributed by atoms with Crippen LogP contribution >= 0.6 is 11.6 Å². The predicted octanol–water partition coefficient (Wildman–Crippen LogP) is 1.99. The second-order valence-electron chi connectivity index (χ2n) is 6.18. The highest BCUT2D eigenvalue weighted by Crippen LogP contribution is 2.27. The molecule has 2 atom stereocenters. The van der Waals surface area contributed by atoms with E-state index in [1.54, 1.807) is 12.1 Å². The smallest absolute Gasteiger partial charge is 0.341 e. The Bertz CT molecular complexity index is 530. The summed E-state index contributed by atoms with van der Waals surface area (Å²) in [5, 5.41) is 13.0. The lowest BCUT2D eigenvalue weighted by atomic mass is 9.97. The zero-order valence-electron chi connectivity index (χ0n) is 12.4. The van der Waals surface area contributed by atoms with E-state index in [0.29, 0.717) is 22.7 Å². The largest absolute Gasteiger partial charge is 0.482 e. The number of hydrogen-bond donors (Lipinski definition) is 2. The maximum absolute atomic E-state index is 10.7. The van der Waals surface area contributed by atoms with Gasteiger partial charge in [-0.2, -0.15) is 0 Å². The van der Waals surface area contributed by atoms with Crippen molar-refractivity contribution in [3.05, 3.63) is 28.8 Å². The number of carboxylic acids is 1. The molecule has 3 saturated heterocycles. The lowest BCUT2D eigenvalue weighted by molar-refractivity contribution is -0.139. The Morgan fingerprint density at radius 1 is 1.41 bits per heavy atom. The van der Waals surface area contributed by atoms with Crippen LogP contribution in [-0.4, -0.2) is 48.3 Å². The van der Waals surface area contributed by atoms with Crippen LogP contribution in [0.25, 0.3) is 0 Å².